The summed E-state index contributed by atoms with van der Waals surface area (Å²) < 4.78 is 0. The van der Waals surface area contributed by atoms with Gasteiger partial charge in [-0.15, -0.1) is 0 Å². The van der Waals surface area contributed by atoms with Gasteiger partial charge in [0.25, 0.3) is 0 Å². The number of nitrogens with one attached hydrogen (secondary N) is 1. The fourth-order valence-corrected chi connectivity index (χ4v) is 1.77. The van der Waals surface area contributed by atoms with E-state index in [0.29, 0.717) is 0 Å². The Morgan fingerprint density at radius 2 is 2.25 bits per heavy atom. The highest BCUT2D eigenvalue weighted by molar-refractivity contribution is 5.87. The Hall–Kier alpha value is -0.530. The lowest BCUT2D eigenvalue weighted by Crippen LogP contribution is -2.14. The summed E-state index contributed by atoms with van der Waals surface area (Å²) >= 11 is 0. The van der Waals surface area contributed by atoms with Crippen LogP contribution in [0.15, 0.2) is 5.10 Å². The lowest BCUT2D eigenvalue weighted by Gasteiger charge is -2.04. The summed E-state index contributed by atoms with van der Waals surface area (Å²) in [6, 6.07) is 0. The van der Waals surface area contributed by atoms with Crippen LogP contribution < -0.4 is 5.43 Å². The van der Waals surface area contributed by atoms with Gasteiger partial charge in [-0.2, -0.15) is 5.10 Å². The third-order valence-electron chi connectivity index (χ3n) is 2.94. The number of rotatable bonds is 3. The second kappa shape index (κ2) is 3.46. The van der Waals surface area contributed by atoms with Gasteiger partial charge in [0.2, 0.25) is 0 Å². The molecule has 0 radical (unpaired) electrons. The van der Waals surface area contributed by atoms with Gasteiger partial charge in [-0.3, -0.25) is 0 Å². The van der Waals surface area contributed by atoms with E-state index in [4.69, 9.17) is 0 Å². The van der Waals surface area contributed by atoms with Crippen LogP contribution in [0.5, 0.6) is 0 Å². The van der Waals surface area contributed by atoms with Crippen LogP contribution >= 0.6 is 0 Å². The van der Waals surface area contributed by atoms with E-state index in [1.807, 2.05) is 0 Å². The lowest BCUT2D eigenvalue weighted by molar-refractivity contribution is 0.661. The van der Waals surface area contributed by atoms with Gasteiger partial charge < -0.3 is 5.43 Å². The number of hydrogen-bond acceptors (Lipinski definition) is 2. The summed E-state index contributed by atoms with van der Waals surface area (Å²) in [5.74, 6) is 1.67. The summed E-state index contributed by atoms with van der Waals surface area (Å²) in [6.07, 6.45) is 6.72. The van der Waals surface area contributed by atoms with Gasteiger partial charge in [0.15, 0.2) is 0 Å². The SMILES string of the molecule is CC1CCC/C1=N\NCC1CC1. The predicted molar refractivity (Wildman–Crippen MR) is 51.2 cm³/mol. The summed E-state index contributed by atoms with van der Waals surface area (Å²) in [4.78, 5) is 0. The topological polar surface area (TPSA) is 24.4 Å². The maximum absolute atomic E-state index is 4.45. The second-order valence-corrected chi connectivity index (χ2v) is 4.20. The first kappa shape index (κ1) is 8.09. The molecule has 0 heterocycles. The summed E-state index contributed by atoms with van der Waals surface area (Å²) in [7, 11) is 0. The zero-order chi connectivity index (χ0) is 8.39. The minimum atomic E-state index is 0.733. The van der Waals surface area contributed by atoms with E-state index < -0.39 is 0 Å². The molecular weight excluding hydrogens is 148 g/mol. The summed E-state index contributed by atoms with van der Waals surface area (Å²) in [5.41, 5.74) is 4.61. The summed E-state index contributed by atoms with van der Waals surface area (Å²) in [5, 5.41) is 4.45. The first-order valence-corrected chi connectivity index (χ1v) is 5.15. The van der Waals surface area contributed by atoms with Gasteiger partial charge in [-0.25, -0.2) is 0 Å². The first-order valence-electron chi connectivity index (χ1n) is 5.15. The molecule has 12 heavy (non-hydrogen) atoms. The summed E-state index contributed by atoms with van der Waals surface area (Å²) in [6.45, 7) is 3.39. The van der Waals surface area contributed by atoms with E-state index in [1.54, 1.807) is 0 Å². The smallest absolute Gasteiger partial charge is 0.0406 e. The Labute approximate surface area is 74.4 Å². The molecule has 0 saturated heterocycles. The molecule has 0 amide bonds. The third-order valence-corrected chi connectivity index (χ3v) is 2.94. The van der Waals surface area contributed by atoms with Crippen LogP contribution in [0.1, 0.15) is 39.0 Å². The number of nitrogens with zero attached hydrogens (tertiary/aromatic N) is 1. The van der Waals surface area contributed by atoms with E-state index >= 15 is 0 Å². The van der Waals surface area contributed by atoms with E-state index in [0.717, 1.165) is 18.4 Å². The molecule has 2 heteroatoms. The van der Waals surface area contributed by atoms with Crippen molar-refractivity contribution in [2.24, 2.45) is 16.9 Å². The van der Waals surface area contributed by atoms with Crippen molar-refractivity contribution in [3.63, 3.8) is 0 Å². The molecule has 2 aliphatic rings. The van der Waals surface area contributed by atoms with Crippen LogP contribution in [0, 0.1) is 11.8 Å². The highest BCUT2D eigenvalue weighted by Gasteiger charge is 2.21. The third kappa shape index (κ3) is 1.99. The zero-order valence-electron chi connectivity index (χ0n) is 7.84. The minimum Gasteiger partial charge on any atom is -0.310 e. The number of hydrogen-bond donors (Lipinski definition) is 1. The van der Waals surface area contributed by atoms with Crippen molar-refractivity contribution in [1.82, 2.24) is 5.43 Å². The standard InChI is InChI=1S/C10H18N2/c1-8-3-2-4-10(8)12-11-7-9-5-6-9/h8-9,11H,2-7H2,1H3/b12-10+. The van der Waals surface area contributed by atoms with Gasteiger partial charge in [0.05, 0.1) is 0 Å². The average molecular weight is 166 g/mol. The highest BCUT2D eigenvalue weighted by Crippen LogP contribution is 2.27. The predicted octanol–water partition coefficient (Wildman–Crippen LogP) is 2.16. The number of hydrazone groups is 1. The van der Waals surface area contributed by atoms with E-state index in [9.17, 15) is 0 Å². The molecule has 2 nitrogen and oxygen atoms in total. The van der Waals surface area contributed by atoms with Crippen molar-refractivity contribution in [1.29, 1.82) is 0 Å². The van der Waals surface area contributed by atoms with Crippen LogP contribution in [0.25, 0.3) is 0 Å². The average Bonchev–Trinajstić information content (AvgIpc) is 2.78. The quantitative estimate of drug-likeness (QED) is 0.638. The van der Waals surface area contributed by atoms with Crippen LogP contribution in [0.4, 0.5) is 0 Å². The fourth-order valence-electron chi connectivity index (χ4n) is 1.77. The van der Waals surface area contributed by atoms with Crippen molar-refractivity contribution in [3.8, 4) is 0 Å². The molecule has 2 saturated carbocycles. The lowest BCUT2D eigenvalue weighted by atomic mass is 10.1. The van der Waals surface area contributed by atoms with Crippen molar-refractivity contribution in [3.05, 3.63) is 0 Å². The molecule has 2 fully saturated rings. The molecule has 68 valence electrons. The molecule has 0 aromatic heterocycles. The molecule has 1 N–H and O–H groups in total. The molecule has 2 aliphatic carbocycles. The van der Waals surface area contributed by atoms with Crippen LogP contribution in [0.3, 0.4) is 0 Å². The Kier molecular flexibility index (Phi) is 2.33. The van der Waals surface area contributed by atoms with Crippen LogP contribution in [0.2, 0.25) is 0 Å². The molecule has 0 spiro atoms. The Morgan fingerprint density at radius 1 is 1.42 bits per heavy atom. The van der Waals surface area contributed by atoms with Gasteiger partial charge in [-0.1, -0.05) is 6.92 Å². The second-order valence-electron chi connectivity index (χ2n) is 4.20. The van der Waals surface area contributed by atoms with Gasteiger partial charge >= 0.3 is 0 Å². The maximum atomic E-state index is 4.45. The fraction of sp³-hybridized carbons (Fsp3) is 0.900. The van der Waals surface area contributed by atoms with Crippen molar-refractivity contribution >= 4 is 5.71 Å². The zero-order valence-corrected chi connectivity index (χ0v) is 7.84. The van der Waals surface area contributed by atoms with Crippen LogP contribution in [-0.4, -0.2) is 12.3 Å². The first-order chi connectivity index (χ1) is 5.86. The van der Waals surface area contributed by atoms with Gasteiger partial charge in [0.1, 0.15) is 0 Å². The van der Waals surface area contributed by atoms with Crippen molar-refractivity contribution < 1.29 is 0 Å². The molecule has 2 rings (SSSR count). The molecule has 0 aromatic carbocycles. The molecule has 0 bridgehead atoms. The van der Waals surface area contributed by atoms with Crippen molar-refractivity contribution in [2.75, 3.05) is 6.54 Å². The Morgan fingerprint density at radius 3 is 2.83 bits per heavy atom. The Bertz CT molecular complexity index is 182. The molecular formula is C10H18N2. The van der Waals surface area contributed by atoms with Crippen LogP contribution in [-0.2, 0) is 0 Å². The molecule has 1 atom stereocenters. The molecule has 0 aromatic rings. The van der Waals surface area contributed by atoms with Gasteiger partial charge in [-0.05, 0) is 43.9 Å². The van der Waals surface area contributed by atoms with E-state index in [2.05, 4.69) is 17.5 Å². The molecule has 0 aliphatic heterocycles. The normalized spacial score (nSPS) is 32.8. The van der Waals surface area contributed by atoms with Gasteiger partial charge in [0, 0.05) is 12.3 Å². The Balaban J connectivity index is 1.73. The van der Waals surface area contributed by atoms with Crippen molar-refractivity contribution in [2.45, 2.75) is 39.0 Å². The van der Waals surface area contributed by atoms with E-state index in [-0.39, 0.29) is 0 Å². The van der Waals surface area contributed by atoms with E-state index in [1.165, 1.54) is 37.8 Å². The minimum absolute atomic E-state index is 0.733. The molecule has 1 unspecified atom stereocenters. The monoisotopic (exact) mass is 166 g/mol. The largest absolute Gasteiger partial charge is 0.310 e. The highest BCUT2D eigenvalue weighted by atomic mass is 15.3. The maximum Gasteiger partial charge on any atom is 0.0406 e.